The summed E-state index contributed by atoms with van der Waals surface area (Å²) in [5, 5.41) is 9.22. The molecule has 2 fully saturated rings. The van der Waals surface area contributed by atoms with Crippen LogP contribution in [0.4, 0.5) is 13.2 Å². The molecule has 4 rings (SSSR count). The van der Waals surface area contributed by atoms with Gasteiger partial charge in [0.05, 0.1) is 22.9 Å². The van der Waals surface area contributed by atoms with Gasteiger partial charge in [-0.1, -0.05) is 73.3 Å². The van der Waals surface area contributed by atoms with Gasteiger partial charge in [-0.2, -0.15) is 17.5 Å². The van der Waals surface area contributed by atoms with Crippen molar-refractivity contribution in [2.45, 2.75) is 88.7 Å². The summed E-state index contributed by atoms with van der Waals surface area (Å²) in [6.45, 7) is 3.04. The van der Waals surface area contributed by atoms with Crippen LogP contribution >= 0.6 is 11.6 Å². The van der Waals surface area contributed by atoms with E-state index in [1.807, 2.05) is 25.1 Å². The maximum atomic E-state index is 13.7. The third-order valence-electron chi connectivity index (χ3n) is 9.08. The number of carboxylic acids is 1. The lowest BCUT2D eigenvalue weighted by atomic mass is 9.76. The fraction of sp³-hybridized carbons (Fsp3) is 0.594. The maximum absolute atomic E-state index is 13.7. The molecule has 1 saturated heterocycles. The molecule has 244 valence electrons. The van der Waals surface area contributed by atoms with Crippen LogP contribution in [0.15, 0.2) is 48.5 Å². The second-order valence-electron chi connectivity index (χ2n) is 12.2. The summed E-state index contributed by atoms with van der Waals surface area (Å²) >= 11 is 6.35. The van der Waals surface area contributed by atoms with Crippen LogP contribution in [0.3, 0.4) is 0 Å². The third-order valence-corrected chi connectivity index (χ3v) is 10.8. The van der Waals surface area contributed by atoms with Crippen LogP contribution in [0.1, 0.15) is 74.5 Å². The second kappa shape index (κ2) is 14.9. The zero-order chi connectivity index (χ0) is 32.1. The van der Waals surface area contributed by atoms with Crippen molar-refractivity contribution in [3.63, 3.8) is 0 Å². The summed E-state index contributed by atoms with van der Waals surface area (Å²) in [7, 11) is -3.72. The first kappa shape index (κ1) is 34.7. The lowest BCUT2D eigenvalue weighted by molar-refractivity contribution is -0.141. The quantitative estimate of drug-likeness (QED) is 0.255. The second-order valence-corrected chi connectivity index (χ2v) is 14.5. The van der Waals surface area contributed by atoms with Gasteiger partial charge in [0, 0.05) is 38.7 Å². The van der Waals surface area contributed by atoms with Crippen LogP contribution < -0.4 is 0 Å². The van der Waals surface area contributed by atoms with Crippen molar-refractivity contribution in [3.8, 4) is 0 Å². The molecule has 0 spiro atoms. The molecule has 1 saturated carbocycles. The van der Waals surface area contributed by atoms with Crippen LogP contribution in [-0.2, 0) is 32.3 Å². The molecule has 7 nitrogen and oxygen atoms in total. The van der Waals surface area contributed by atoms with Gasteiger partial charge in [0.15, 0.2) is 0 Å². The minimum Gasteiger partial charge on any atom is -0.480 e. The van der Waals surface area contributed by atoms with E-state index in [1.165, 1.54) is 18.1 Å². The van der Waals surface area contributed by atoms with Crippen LogP contribution in [0.2, 0.25) is 5.02 Å². The van der Waals surface area contributed by atoms with E-state index in [1.54, 1.807) is 6.07 Å². The summed E-state index contributed by atoms with van der Waals surface area (Å²) in [6.07, 6.45) is 2.12. The summed E-state index contributed by atoms with van der Waals surface area (Å²) in [5.74, 6) is -0.588. The highest BCUT2D eigenvalue weighted by Gasteiger charge is 2.42. The highest BCUT2D eigenvalue weighted by Crippen LogP contribution is 2.39. The summed E-state index contributed by atoms with van der Waals surface area (Å²) in [5.41, 5.74) is 0.743. The molecule has 0 radical (unpaired) electrons. The predicted molar refractivity (Wildman–Crippen MR) is 164 cm³/mol. The van der Waals surface area contributed by atoms with E-state index in [0.717, 1.165) is 42.3 Å². The van der Waals surface area contributed by atoms with Crippen LogP contribution in [0.25, 0.3) is 0 Å². The Morgan fingerprint density at radius 3 is 2.39 bits per heavy atom. The SMILES string of the molecule is C[C@H](CCO[C@@H]1C[C@@H](C(=O)O)N(S(C)(=O)=O)C1)N(Cc1cccc(C(F)(F)F)c1Cl)CC(c1ccccc1)C1CCCCC1. The summed E-state index contributed by atoms with van der Waals surface area (Å²) in [4.78, 5) is 13.8. The van der Waals surface area contributed by atoms with Crippen molar-refractivity contribution in [1.29, 1.82) is 0 Å². The van der Waals surface area contributed by atoms with Crippen LogP contribution in [0.5, 0.6) is 0 Å². The van der Waals surface area contributed by atoms with E-state index in [-0.39, 0.29) is 43.1 Å². The number of rotatable bonds is 13. The Morgan fingerprint density at radius 1 is 1.11 bits per heavy atom. The molecule has 4 atom stereocenters. The standard InChI is InChI=1S/C32H42ClF3N2O5S/c1-22(16-17-43-26-18-29(31(39)40)38(20-26)44(2,41)42)37(19-25-14-9-15-28(30(25)33)32(34,35)36)21-27(23-10-5-3-6-11-23)24-12-7-4-8-13-24/h3,5-6,9-11,14-15,22,24,26-27,29H,4,7-8,12-13,16-21H2,1-2H3,(H,39,40)/t22-,26-,27?,29+/m1/s1. The van der Waals surface area contributed by atoms with E-state index < -0.39 is 39.9 Å². The van der Waals surface area contributed by atoms with Crippen molar-refractivity contribution < 1.29 is 36.2 Å². The first-order chi connectivity index (χ1) is 20.8. The van der Waals surface area contributed by atoms with Crippen molar-refractivity contribution in [1.82, 2.24) is 9.21 Å². The molecule has 1 unspecified atom stereocenters. The Bertz CT molecular complexity index is 1360. The lowest BCUT2D eigenvalue weighted by Gasteiger charge is -2.38. The van der Waals surface area contributed by atoms with Gasteiger partial charge in [0.25, 0.3) is 0 Å². The molecular formula is C32H42ClF3N2O5S. The normalized spacial score (nSPS) is 21.9. The number of carbonyl (C=O) groups is 1. The molecule has 44 heavy (non-hydrogen) atoms. The Morgan fingerprint density at radius 2 is 1.80 bits per heavy atom. The minimum absolute atomic E-state index is 0.0362. The molecule has 2 aliphatic rings. The van der Waals surface area contributed by atoms with Gasteiger partial charge in [-0.3, -0.25) is 9.69 Å². The van der Waals surface area contributed by atoms with Crippen LogP contribution in [0, 0.1) is 5.92 Å². The molecule has 2 aromatic carbocycles. The number of sulfonamides is 1. The first-order valence-electron chi connectivity index (χ1n) is 15.2. The third kappa shape index (κ3) is 8.96. The first-order valence-corrected chi connectivity index (χ1v) is 17.4. The van der Waals surface area contributed by atoms with E-state index >= 15 is 0 Å². The predicted octanol–water partition coefficient (Wildman–Crippen LogP) is 6.81. The van der Waals surface area contributed by atoms with Crippen molar-refractivity contribution in [3.05, 3.63) is 70.2 Å². The molecule has 0 amide bonds. The molecule has 1 N–H and O–H groups in total. The van der Waals surface area contributed by atoms with Gasteiger partial charge in [-0.05, 0) is 55.2 Å². The smallest absolute Gasteiger partial charge is 0.417 e. The van der Waals surface area contributed by atoms with Gasteiger partial charge in [0.1, 0.15) is 6.04 Å². The Labute approximate surface area is 263 Å². The molecule has 0 aromatic heterocycles. The number of alkyl halides is 3. The van der Waals surface area contributed by atoms with E-state index in [9.17, 15) is 31.5 Å². The zero-order valence-electron chi connectivity index (χ0n) is 25.2. The number of aliphatic carboxylic acids is 1. The van der Waals surface area contributed by atoms with E-state index in [2.05, 4.69) is 17.0 Å². The number of hydrogen-bond acceptors (Lipinski definition) is 5. The fourth-order valence-corrected chi connectivity index (χ4v) is 7.99. The van der Waals surface area contributed by atoms with Crippen molar-refractivity contribution in [2.75, 3.05) is 26.0 Å². The molecule has 12 heteroatoms. The average molecular weight is 659 g/mol. The summed E-state index contributed by atoms with van der Waals surface area (Å²) < 4.78 is 72.3. The van der Waals surface area contributed by atoms with Crippen LogP contribution in [-0.4, -0.2) is 72.8 Å². The molecule has 1 aliphatic heterocycles. The lowest BCUT2D eigenvalue weighted by Crippen LogP contribution is -2.40. The largest absolute Gasteiger partial charge is 0.480 e. The van der Waals surface area contributed by atoms with Crippen molar-refractivity contribution in [2.24, 2.45) is 5.92 Å². The van der Waals surface area contributed by atoms with Gasteiger partial charge in [-0.25, -0.2) is 8.42 Å². The minimum atomic E-state index is -4.57. The Hall–Kier alpha value is -2.18. The summed E-state index contributed by atoms with van der Waals surface area (Å²) in [6, 6.07) is 13.0. The van der Waals surface area contributed by atoms with E-state index in [0.29, 0.717) is 24.4 Å². The van der Waals surface area contributed by atoms with Gasteiger partial charge in [-0.15, -0.1) is 0 Å². The molecule has 1 aliphatic carbocycles. The topological polar surface area (TPSA) is 87.1 Å². The highest BCUT2D eigenvalue weighted by atomic mass is 35.5. The number of halogens is 4. The number of hydrogen-bond donors (Lipinski definition) is 1. The molecular weight excluding hydrogens is 617 g/mol. The monoisotopic (exact) mass is 658 g/mol. The van der Waals surface area contributed by atoms with E-state index in [4.69, 9.17) is 16.3 Å². The highest BCUT2D eigenvalue weighted by molar-refractivity contribution is 7.88. The zero-order valence-corrected chi connectivity index (χ0v) is 26.8. The number of benzene rings is 2. The van der Waals surface area contributed by atoms with Gasteiger partial charge >= 0.3 is 12.1 Å². The van der Waals surface area contributed by atoms with Gasteiger partial charge in [0.2, 0.25) is 10.0 Å². The fourth-order valence-electron chi connectivity index (χ4n) is 6.62. The number of ether oxygens (including phenoxy) is 1. The average Bonchev–Trinajstić information content (AvgIpc) is 3.42. The number of nitrogens with zero attached hydrogens (tertiary/aromatic N) is 2. The Kier molecular flexibility index (Phi) is 11.8. The number of carboxylic acid groups (broad SMARTS) is 1. The van der Waals surface area contributed by atoms with Crippen molar-refractivity contribution >= 4 is 27.6 Å². The molecule has 0 bridgehead atoms. The molecule has 1 heterocycles. The van der Waals surface area contributed by atoms with Gasteiger partial charge < -0.3 is 9.84 Å². The molecule has 2 aromatic rings. The maximum Gasteiger partial charge on any atom is 0.417 e. The Balaban J connectivity index is 1.54.